The largest absolute Gasteiger partial charge is 1.00 e. The first-order chi connectivity index (χ1) is 11.5. The molecule has 0 aromatic carbocycles. The molecular formula is C9H2F15LiO3. The fourth-order valence-corrected chi connectivity index (χ4v) is 1.25. The minimum absolute atomic E-state index is 0. The third-order valence-electron chi connectivity index (χ3n) is 2.78. The van der Waals surface area contributed by atoms with Crippen LogP contribution in [-0.2, 0) is 4.74 Å². The molecule has 0 aliphatic carbocycles. The summed E-state index contributed by atoms with van der Waals surface area (Å²) < 4.78 is 193. The van der Waals surface area contributed by atoms with Crippen LogP contribution in [0.2, 0.25) is 0 Å². The Balaban J connectivity index is 0. The maximum absolute atomic E-state index is 13.0. The quantitative estimate of drug-likeness (QED) is 0.312. The number of alkyl halides is 15. The molecule has 0 amide bonds. The van der Waals surface area contributed by atoms with Crippen molar-refractivity contribution < 1.29 is 99.4 Å². The van der Waals surface area contributed by atoms with Gasteiger partial charge < -0.3 is 14.6 Å². The van der Waals surface area contributed by atoms with E-state index in [4.69, 9.17) is 0 Å². The summed E-state index contributed by atoms with van der Waals surface area (Å²) in [5.41, 5.74) is 0. The van der Waals surface area contributed by atoms with E-state index in [0.29, 0.717) is 0 Å². The summed E-state index contributed by atoms with van der Waals surface area (Å²) in [5.74, 6) is -47.6. The van der Waals surface area contributed by atoms with Gasteiger partial charge in [0.05, 0.1) is 0 Å². The summed E-state index contributed by atoms with van der Waals surface area (Å²) in [7, 11) is 0. The molecule has 0 bridgehead atoms. The molecule has 0 N–H and O–H groups in total. The molecule has 19 heteroatoms. The molecule has 0 heterocycles. The van der Waals surface area contributed by atoms with E-state index in [2.05, 4.69) is 4.74 Å². The van der Waals surface area contributed by atoms with E-state index in [0.717, 1.165) is 0 Å². The minimum atomic E-state index is -8.34. The van der Waals surface area contributed by atoms with E-state index in [1.165, 1.54) is 0 Å². The smallest absolute Gasteiger partial charge is 0.511 e. The van der Waals surface area contributed by atoms with Crippen LogP contribution in [0.5, 0.6) is 0 Å². The van der Waals surface area contributed by atoms with Crippen molar-refractivity contribution in [2.75, 3.05) is 0 Å². The van der Waals surface area contributed by atoms with Crippen molar-refractivity contribution in [2.24, 2.45) is 0 Å². The number of ether oxygens (including phenoxy) is 1. The van der Waals surface area contributed by atoms with Crippen LogP contribution in [0.1, 0.15) is 0 Å². The first kappa shape index (κ1) is 29.0. The zero-order chi connectivity index (χ0) is 22.4. The van der Waals surface area contributed by atoms with E-state index < -0.39 is 54.5 Å². The molecule has 28 heavy (non-hydrogen) atoms. The van der Waals surface area contributed by atoms with E-state index in [1.54, 1.807) is 0 Å². The molecule has 0 radical (unpaired) electrons. The molecular weight excluding hydrogens is 448 g/mol. The maximum Gasteiger partial charge on any atom is 1.00 e. The van der Waals surface area contributed by atoms with Gasteiger partial charge in [-0.2, -0.15) is 52.7 Å². The summed E-state index contributed by atoms with van der Waals surface area (Å²) in [6.45, 7) is 0. The summed E-state index contributed by atoms with van der Waals surface area (Å²) in [4.78, 5) is 9.61. The van der Waals surface area contributed by atoms with Gasteiger partial charge in [0.25, 0.3) is 12.5 Å². The average Bonchev–Trinajstić information content (AvgIpc) is 2.44. The third kappa shape index (κ3) is 3.93. The van der Waals surface area contributed by atoms with Crippen LogP contribution < -0.4 is 24.0 Å². The molecule has 0 aliphatic heterocycles. The van der Waals surface area contributed by atoms with Gasteiger partial charge in [-0.1, -0.05) is 0 Å². The Kier molecular flexibility index (Phi) is 8.21. The van der Waals surface area contributed by atoms with E-state index in [-0.39, 0.29) is 18.9 Å². The van der Waals surface area contributed by atoms with Gasteiger partial charge >= 0.3 is 60.8 Å². The number of carboxylic acid groups (broad SMARTS) is 1. The molecule has 0 fully saturated rings. The van der Waals surface area contributed by atoms with Gasteiger partial charge in [-0.15, -0.1) is 0 Å². The number of halogens is 15. The zero-order valence-electron chi connectivity index (χ0n) is 12.5. The second-order valence-electron chi connectivity index (χ2n) is 4.53. The van der Waals surface area contributed by atoms with Crippen LogP contribution >= 0.6 is 0 Å². The molecule has 0 aromatic rings. The Labute approximate surface area is 155 Å². The van der Waals surface area contributed by atoms with Gasteiger partial charge in [0.15, 0.2) is 0 Å². The molecule has 0 aromatic heterocycles. The Morgan fingerprint density at radius 1 is 0.643 bits per heavy atom. The SMILES string of the molecule is O=C([O-])OC(F)C(F)(F)C(F)(F)C(F)(F)C(F)(F)C(F)(F)C(F)(F)C(F)F.[Li+]. The normalized spacial score (nSPS) is 15.9. The van der Waals surface area contributed by atoms with Gasteiger partial charge in [-0.25, -0.2) is 13.2 Å². The summed E-state index contributed by atoms with van der Waals surface area (Å²) >= 11 is 0. The summed E-state index contributed by atoms with van der Waals surface area (Å²) in [6.07, 6.45) is -14.7. The topological polar surface area (TPSA) is 49.4 Å². The Hall–Kier alpha value is -1.18. The number of hydrogen-bond acceptors (Lipinski definition) is 3. The van der Waals surface area contributed by atoms with Crippen LogP contribution in [0.4, 0.5) is 70.7 Å². The molecule has 0 saturated carbocycles. The standard InChI is InChI=1S/C9H3F15O3.Li/c10-1(11)4(13,14)6(17,18)8(21,22)9(23,24)7(19,20)5(15,16)2(12)27-3(25)26;/h1-2H,(H,25,26);/q;+1/p-1. The number of hydrogen-bond donors (Lipinski definition) is 0. The number of carbonyl (C=O) groups excluding carboxylic acids is 1. The van der Waals surface area contributed by atoms with Crippen LogP contribution in [0, 0.1) is 0 Å². The van der Waals surface area contributed by atoms with Crippen molar-refractivity contribution in [3.05, 3.63) is 0 Å². The fraction of sp³-hybridized carbons (Fsp3) is 0.889. The Morgan fingerprint density at radius 3 is 1.18 bits per heavy atom. The minimum Gasteiger partial charge on any atom is -0.511 e. The second-order valence-corrected chi connectivity index (χ2v) is 4.53. The van der Waals surface area contributed by atoms with Crippen LogP contribution in [0.25, 0.3) is 0 Å². The van der Waals surface area contributed by atoms with Crippen LogP contribution in [0.15, 0.2) is 0 Å². The Morgan fingerprint density at radius 2 is 0.929 bits per heavy atom. The fourth-order valence-electron chi connectivity index (χ4n) is 1.25. The molecule has 0 aliphatic rings. The summed E-state index contributed by atoms with van der Waals surface area (Å²) in [6, 6.07) is 0. The monoisotopic (exact) mass is 450 g/mol. The maximum atomic E-state index is 13.0. The Bertz CT molecular complexity index is 563. The molecule has 1 unspecified atom stereocenters. The van der Waals surface area contributed by atoms with E-state index in [9.17, 15) is 75.8 Å². The first-order valence-corrected chi connectivity index (χ1v) is 5.60. The third-order valence-corrected chi connectivity index (χ3v) is 2.78. The molecule has 0 saturated heterocycles. The van der Waals surface area contributed by atoms with Gasteiger partial charge in [0, 0.05) is 0 Å². The predicted octanol–water partition coefficient (Wildman–Crippen LogP) is 0.723. The van der Waals surface area contributed by atoms with Crippen molar-refractivity contribution in [1.29, 1.82) is 0 Å². The van der Waals surface area contributed by atoms with E-state index in [1.807, 2.05) is 0 Å². The molecule has 1 atom stereocenters. The van der Waals surface area contributed by atoms with Gasteiger partial charge in [-0.3, -0.25) is 0 Å². The van der Waals surface area contributed by atoms with Crippen molar-refractivity contribution in [2.45, 2.75) is 48.3 Å². The molecule has 0 spiro atoms. The van der Waals surface area contributed by atoms with Crippen molar-refractivity contribution in [3.8, 4) is 0 Å². The predicted molar refractivity (Wildman–Crippen MR) is 47.1 cm³/mol. The molecule has 162 valence electrons. The van der Waals surface area contributed by atoms with Crippen molar-refractivity contribution >= 4 is 6.16 Å². The molecule has 3 nitrogen and oxygen atoms in total. The summed E-state index contributed by atoms with van der Waals surface area (Å²) in [5, 5.41) is 9.61. The number of rotatable bonds is 8. The second kappa shape index (κ2) is 7.92. The van der Waals surface area contributed by atoms with E-state index >= 15 is 0 Å². The van der Waals surface area contributed by atoms with Gasteiger partial charge in [-0.05, 0) is 0 Å². The van der Waals surface area contributed by atoms with Crippen molar-refractivity contribution in [3.63, 3.8) is 0 Å². The van der Waals surface area contributed by atoms with Crippen LogP contribution in [-0.4, -0.2) is 54.5 Å². The van der Waals surface area contributed by atoms with Gasteiger partial charge in [0.1, 0.15) is 0 Å². The van der Waals surface area contributed by atoms with Crippen LogP contribution in [0.3, 0.4) is 0 Å². The zero-order valence-corrected chi connectivity index (χ0v) is 12.5. The van der Waals surface area contributed by atoms with Gasteiger partial charge in [0.2, 0.25) is 0 Å². The molecule has 0 rings (SSSR count). The number of carbonyl (C=O) groups is 1. The van der Waals surface area contributed by atoms with Crippen molar-refractivity contribution in [1.82, 2.24) is 0 Å². The first-order valence-electron chi connectivity index (χ1n) is 5.60. The average molecular weight is 450 g/mol.